The molecule has 0 aliphatic heterocycles. The Balaban J connectivity index is 1.66. The zero-order chi connectivity index (χ0) is 20.9. The number of ether oxygens (including phenoxy) is 1. The van der Waals surface area contributed by atoms with Gasteiger partial charge in [-0.1, -0.05) is 48.5 Å². The number of Topliss-reactive ketones (excluding diaryl/α,β-unsaturated/α-hetero) is 1. The lowest BCUT2D eigenvalue weighted by Gasteiger charge is -2.12. The van der Waals surface area contributed by atoms with Crippen LogP contribution in [0.15, 0.2) is 91.4 Å². The summed E-state index contributed by atoms with van der Waals surface area (Å²) in [5.41, 5.74) is 2.68. The Bertz CT molecular complexity index is 1160. The van der Waals surface area contributed by atoms with Crippen LogP contribution in [0, 0.1) is 0 Å². The van der Waals surface area contributed by atoms with Gasteiger partial charge in [-0.3, -0.25) is 9.78 Å². The van der Waals surface area contributed by atoms with E-state index in [-0.39, 0.29) is 11.3 Å². The molecule has 0 aliphatic rings. The Kier molecular flexibility index (Phi) is 5.48. The largest absolute Gasteiger partial charge is 0.451 e. The molecule has 2 heterocycles. The lowest BCUT2D eigenvalue weighted by atomic mass is 10.1. The Morgan fingerprint density at radius 1 is 0.933 bits per heavy atom. The third-order valence-electron chi connectivity index (χ3n) is 4.60. The van der Waals surface area contributed by atoms with Crippen molar-refractivity contribution >= 4 is 11.8 Å². The number of aromatic nitrogens is 3. The number of esters is 1. The zero-order valence-electron chi connectivity index (χ0n) is 16.3. The van der Waals surface area contributed by atoms with Crippen LogP contribution >= 0.6 is 0 Å². The first kappa shape index (κ1) is 19.3. The standard InChI is InChI=1S/C24H19N3O3/c1-17(23(28)18-9-4-2-5-10-18)30-24(29)21-16-27(20-12-6-3-7-13-20)26-22(21)19-11-8-14-25-15-19/h2-17H,1H3/t17-/m0/s1. The summed E-state index contributed by atoms with van der Waals surface area (Å²) in [5.74, 6) is -0.879. The molecule has 0 saturated carbocycles. The molecular weight excluding hydrogens is 378 g/mol. The van der Waals surface area contributed by atoms with Crippen molar-refractivity contribution in [2.75, 3.05) is 0 Å². The minimum atomic E-state index is -0.929. The van der Waals surface area contributed by atoms with Gasteiger partial charge in [0.15, 0.2) is 6.10 Å². The number of para-hydroxylation sites is 1. The molecule has 6 heteroatoms. The predicted molar refractivity (Wildman–Crippen MR) is 112 cm³/mol. The number of carbonyl (C=O) groups is 2. The van der Waals surface area contributed by atoms with Crippen LogP contribution in [0.5, 0.6) is 0 Å². The third-order valence-corrected chi connectivity index (χ3v) is 4.60. The molecule has 2 aromatic carbocycles. The normalized spacial score (nSPS) is 11.6. The summed E-state index contributed by atoms with van der Waals surface area (Å²) in [4.78, 5) is 29.7. The highest BCUT2D eigenvalue weighted by molar-refractivity contribution is 6.02. The Morgan fingerprint density at radius 3 is 2.30 bits per heavy atom. The average molecular weight is 397 g/mol. The molecular formula is C24H19N3O3. The monoisotopic (exact) mass is 397 g/mol. The van der Waals surface area contributed by atoms with Crippen molar-refractivity contribution in [1.82, 2.24) is 14.8 Å². The Morgan fingerprint density at radius 2 is 1.63 bits per heavy atom. The molecule has 4 aromatic rings. The highest BCUT2D eigenvalue weighted by Crippen LogP contribution is 2.24. The minimum absolute atomic E-state index is 0.262. The molecule has 0 radical (unpaired) electrons. The molecule has 2 aromatic heterocycles. The fourth-order valence-electron chi connectivity index (χ4n) is 3.07. The van der Waals surface area contributed by atoms with Gasteiger partial charge in [-0.15, -0.1) is 0 Å². The highest BCUT2D eigenvalue weighted by Gasteiger charge is 2.25. The van der Waals surface area contributed by atoms with Crippen LogP contribution in [-0.4, -0.2) is 32.6 Å². The second-order valence-corrected chi connectivity index (χ2v) is 6.69. The van der Waals surface area contributed by atoms with E-state index in [0.717, 1.165) is 5.69 Å². The molecule has 30 heavy (non-hydrogen) atoms. The maximum absolute atomic E-state index is 13.0. The van der Waals surface area contributed by atoms with E-state index >= 15 is 0 Å². The maximum atomic E-state index is 13.0. The number of hydrogen-bond acceptors (Lipinski definition) is 5. The summed E-state index contributed by atoms with van der Waals surface area (Å²) in [6.07, 6.45) is 3.96. The molecule has 0 saturated heterocycles. The van der Waals surface area contributed by atoms with E-state index in [1.54, 1.807) is 60.5 Å². The van der Waals surface area contributed by atoms with Gasteiger partial charge in [-0.2, -0.15) is 5.10 Å². The smallest absolute Gasteiger partial charge is 0.342 e. The number of benzene rings is 2. The summed E-state index contributed by atoms with van der Waals surface area (Å²) >= 11 is 0. The summed E-state index contributed by atoms with van der Waals surface area (Å²) in [6, 6.07) is 21.8. The number of hydrogen-bond donors (Lipinski definition) is 0. The number of nitrogens with zero attached hydrogens (tertiary/aromatic N) is 3. The second kappa shape index (κ2) is 8.53. The van der Waals surface area contributed by atoms with Crippen molar-refractivity contribution in [2.45, 2.75) is 13.0 Å². The molecule has 0 amide bonds. The summed E-state index contributed by atoms with van der Waals surface area (Å²) in [5, 5.41) is 4.57. The van der Waals surface area contributed by atoms with Crippen molar-refractivity contribution in [3.05, 3.63) is 103 Å². The molecule has 0 unspecified atom stereocenters. The van der Waals surface area contributed by atoms with Crippen LogP contribution in [0.3, 0.4) is 0 Å². The van der Waals surface area contributed by atoms with Crippen molar-refractivity contribution in [3.8, 4) is 16.9 Å². The highest BCUT2D eigenvalue weighted by atomic mass is 16.5. The van der Waals surface area contributed by atoms with E-state index in [1.807, 2.05) is 42.5 Å². The van der Waals surface area contributed by atoms with E-state index in [4.69, 9.17) is 4.74 Å². The van der Waals surface area contributed by atoms with Gasteiger partial charge in [0.1, 0.15) is 11.3 Å². The van der Waals surface area contributed by atoms with Crippen LogP contribution < -0.4 is 0 Å². The van der Waals surface area contributed by atoms with Gasteiger partial charge in [-0.25, -0.2) is 9.48 Å². The summed E-state index contributed by atoms with van der Waals surface area (Å²) in [6.45, 7) is 1.57. The van der Waals surface area contributed by atoms with Crippen LogP contribution in [0.2, 0.25) is 0 Å². The first-order chi connectivity index (χ1) is 14.6. The lowest BCUT2D eigenvalue weighted by molar-refractivity contribution is 0.0319. The first-order valence-corrected chi connectivity index (χ1v) is 9.49. The Hall–Kier alpha value is -4.06. The lowest BCUT2D eigenvalue weighted by Crippen LogP contribution is -2.24. The van der Waals surface area contributed by atoms with E-state index in [0.29, 0.717) is 16.8 Å². The SMILES string of the molecule is C[C@H](OC(=O)c1cn(-c2ccccc2)nc1-c1cccnc1)C(=O)c1ccccc1. The topological polar surface area (TPSA) is 74.1 Å². The zero-order valence-corrected chi connectivity index (χ0v) is 16.3. The second-order valence-electron chi connectivity index (χ2n) is 6.69. The van der Waals surface area contributed by atoms with Gasteiger partial charge in [0.25, 0.3) is 0 Å². The number of ketones is 1. The van der Waals surface area contributed by atoms with Crippen LogP contribution in [0.4, 0.5) is 0 Å². The van der Waals surface area contributed by atoms with Crippen LogP contribution in [0.25, 0.3) is 16.9 Å². The minimum Gasteiger partial charge on any atom is -0.451 e. The predicted octanol–water partition coefficient (Wildman–Crippen LogP) is 4.36. The first-order valence-electron chi connectivity index (χ1n) is 9.49. The van der Waals surface area contributed by atoms with Crippen molar-refractivity contribution in [1.29, 1.82) is 0 Å². The number of carbonyl (C=O) groups excluding carboxylic acids is 2. The van der Waals surface area contributed by atoms with Gasteiger partial charge in [0, 0.05) is 29.7 Å². The quantitative estimate of drug-likeness (QED) is 0.357. The molecule has 6 nitrogen and oxygen atoms in total. The van der Waals surface area contributed by atoms with Crippen molar-refractivity contribution < 1.29 is 14.3 Å². The van der Waals surface area contributed by atoms with E-state index in [9.17, 15) is 9.59 Å². The third kappa shape index (κ3) is 4.03. The van der Waals surface area contributed by atoms with E-state index < -0.39 is 12.1 Å². The van der Waals surface area contributed by atoms with Gasteiger partial charge in [0.05, 0.1) is 5.69 Å². The molecule has 0 N–H and O–H groups in total. The molecule has 0 fully saturated rings. The molecule has 4 rings (SSSR count). The fourth-order valence-corrected chi connectivity index (χ4v) is 3.07. The molecule has 1 atom stereocenters. The van der Waals surface area contributed by atoms with Gasteiger partial charge >= 0.3 is 5.97 Å². The van der Waals surface area contributed by atoms with Gasteiger partial charge in [0.2, 0.25) is 5.78 Å². The molecule has 148 valence electrons. The van der Waals surface area contributed by atoms with Crippen LogP contribution in [-0.2, 0) is 4.74 Å². The summed E-state index contributed by atoms with van der Waals surface area (Å²) in [7, 11) is 0. The van der Waals surface area contributed by atoms with E-state index in [2.05, 4.69) is 10.1 Å². The average Bonchev–Trinajstić information content (AvgIpc) is 3.26. The van der Waals surface area contributed by atoms with Crippen molar-refractivity contribution in [3.63, 3.8) is 0 Å². The fraction of sp³-hybridized carbons (Fsp3) is 0.0833. The van der Waals surface area contributed by atoms with Gasteiger partial charge < -0.3 is 4.74 Å². The van der Waals surface area contributed by atoms with Gasteiger partial charge in [-0.05, 0) is 31.2 Å². The molecule has 0 bridgehead atoms. The molecule has 0 aliphatic carbocycles. The Labute approximate surface area is 173 Å². The summed E-state index contributed by atoms with van der Waals surface area (Å²) < 4.78 is 7.12. The van der Waals surface area contributed by atoms with Crippen LogP contribution in [0.1, 0.15) is 27.6 Å². The maximum Gasteiger partial charge on any atom is 0.342 e. The van der Waals surface area contributed by atoms with E-state index in [1.165, 1.54) is 0 Å². The number of pyridine rings is 1. The van der Waals surface area contributed by atoms with Crippen molar-refractivity contribution in [2.24, 2.45) is 0 Å². The molecule has 0 spiro atoms. The number of rotatable bonds is 6.